The monoisotopic (exact) mass is 354 g/mol. The van der Waals surface area contributed by atoms with Crippen LogP contribution in [0.3, 0.4) is 0 Å². The number of aromatic nitrogens is 2. The predicted molar refractivity (Wildman–Crippen MR) is 91.3 cm³/mol. The molecule has 1 atom stereocenters. The second-order valence-electron chi connectivity index (χ2n) is 5.77. The Kier molecular flexibility index (Phi) is 3.46. The number of fused-ring (bicyclic) bond motifs is 5. The highest BCUT2D eigenvalue weighted by atomic mass is 16.4. The molecule has 10 nitrogen and oxygen atoms in total. The first-order valence-electron chi connectivity index (χ1n) is 7.72. The first kappa shape index (κ1) is 15.8. The Morgan fingerprint density at radius 1 is 1.15 bits per heavy atom. The summed E-state index contributed by atoms with van der Waals surface area (Å²) >= 11 is 0. The molecular weight excluding hydrogens is 340 g/mol. The van der Waals surface area contributed by atoms with E-state index in [-0.39, 0.29) is 18.9 Å². The molecule has 0 amide bonds. The van der Waals surface area contributed by atoms with E-state index in [0.29, 0.717) is 11.4 Å². The second kappa shape index (κ2) is 5.69. The van der Waals surface area contributed by atoms with Crippen LogP contribution in [0.15, 0.2) is 46.4 Å². The fraction of sp³-hybridized carbons (Fsp3) is 0.188. The number of rotatable bonds is 2. The highest BCUT2D eigenvalue weighted by molar-refractivity contribution is 5.86. The zero-order valence-electron chi connectivity index (χ0n) is 13.4. The molecule has 4 rings (SSSR count). The van der Waals surface area contributed by atoms with E-state index in [1.165, 1.54) is 28.1 Å². The van der Waals surface area contributed by atoms with Crippen molar-refractivity contribution < 1.29 is 19.8 Å². The molecule has 3 aliphatic rings. The van der Waals surface area contributed by atoms with E-state index >= 15 is 0 Å². The Hall–Kier alpha value is -3.69. The van der Waals surface area contributed by atoms with Gasteiger partial charge in [-0.25, -0.2) is 19.6 Å². The van der Waals surface area contributed by atoms with E-state index in [1.54, 1.807) is 35.6 Å². The zero-order valence-corrected chi connectivity index (χ0v) is 13.4. The number of hydrogen-bond donors (Lipinski definition) is 2. The van der Waals surface area contributed by atoms with Crippen molar-refractivity contribution in [3.05, 3.63) is 48.0 Å². The van der Waals surface area contributed by atoms with Gasteiger partial charge in [-0.1, -0.05) is 0 Å². The number of aliphatic carboxylic acids is 1. The van der Waals surface area contributed by atoms with E-state index in [4.69, 9.17) is 0 Å². The first-order chi connectivity index (χ1) is 12.5. The Balaban J connectivity index is 1.84. The maximum Gasteiger partial charge on any atom is 0.375 e. The topological polar surface area (TPSA) is 124 Å². The molecule has 26 heavy (non-hydrogen) atoms. The summed E-state index contributed by atoms with van der Waals surface area (Å²) < 4.78 is 1.36. The van der Waals surface area contributed by atoms with Crippen LogP contribution < -0.4 is 0 Å². The van der Waals surface area contributed by atoms with Crippen molar-refractivity contribution in [2.45, 2.75) is 12.3 Å². The molecule has 10 heteroatoms. The molecule has 0 fully saturated rings. The number of carboxylic acid groups (broad SMARTS) is 2. The molecule has 1 aromatic heterocycles. The van der Waals surface area contributed by atoms with Gasteiger partial charge in [0.2, 0.25) is 5.82 Å². The number of aliphatic imine (C=N–C) groups is 2. The van der Waals surface area contributed by atoms with Gasteiger partial charge in [-0.2, -0.15) is 0 Å². The highest BCUT2D eigenvalue weighted by Gasteiger charge is 2.54. The first-order valence-corrected chi connectivity index (χ1v) is 7.72. The SMILES string of the molecule is O=C(O)c1nc2cn1/C=C\C=NCC1=CN3C=CC=N[C@]3(C(=O)O)N1C2. The third kappa shape index (κ3) is 2.23. The molecule has 0 aromatic carbocycles. The summed E-state index contributed by atoms with van der Waals surface area (Å²) in [6.45, 7) is 0.318. The van der Waals surface area contributed by atoms with Crippen LogP contribution in [0, 0.1) is 0 Å². The molecule has 0 spiro atoms. The van der Waals surface area contributed by atoms with Gasteiger partial charge in [0.1, 0.15) is 0 Å². The largest absolute Gasteiger partial charge is 0.477 e. The molecule has 0 radical (unpaired) electrons. The van der Waals surface area contributed by atoms with Crippen molar-refractivity contribution in [2.24, 2.45) is 9.98 Å². The summed E-state index contributed by atoms with van der Waals surface area (Å²) in [5, 5.41) is 19.2. The second-order valence-corrected chi connectivity index (χ2v) is 5.77. The van der Waals surface area contributed by atoms with Crippen LogP contribution in [0.4, 0.5) is 0 Å². The molecule has 4 heterocycles. The van der Waals surface area contributed by atoms with Gasteiger partial charge >= 0.3 is 17.7 Å². The summed E-state index contributed by atoms with van der Waals surface area (Å²) in [6.07, 6.45) is 12.6. The normalized spacial score (nSPS) is 24.5. The van der Waals surface area contributed by atoms with Gasteiger partial charge in [-0.15, -0.1) is 0 Å². The van der Waals surface area contributed by atoms with E-state index in [1.807, 2.05) is 0 Å². The Labute approximate surface area is 147 Å². The van der Waals surface area contributed by atoms with Crippen molar-refractivity contribution in [3.8, 4) is 0 Å². The van der Waals surface area contributed by atoms with Crippen molar-refractivity contribution in [1.29, 1.82) is 0 Å². The zero-order chi connectivity index (χ0) is 18.3. The third-order valence-corrected chi connectivity index (χ3v) is 4.23. The quantitative estimate of drug-likeness (QED) is 0.789. The standard InChI is InChI=1S/C16H14N6O4/c23-14(24)13-19-11-8-20(13)5-1-3-17-7-12-10-21-6-2-4-18-16(21,15(25)26)22(12)9-11/h1-6,8,10H,7,9H2,(H,23,24)(H,25,26)/b5-1-,17-3?/t16-/m0/s1. The summed E-state index contributed by atoms with van der Waals surface area (Å²) in [5.41, 5.74) is 1.04. The predicted octanol–water partition coefficient (Wildman–Crippen LogP) is 0.432. The molecule has 0 saturated carbocycles. The van der Waals surface area contributed by atoms with E-state index < -0.39 is 17.7 Å². The minimum atomic E-state index is -1.67. The summed E-state index contributed by atoms with van der Waals surface area (Å²) in [6, 6.07) is 0. The van der Waals surface area contributed by atoms with E-state index in [9.17, 15) is 19.8 Å². The van der Waals surface area contributed by atoms with Crippen molar-refractivity contribution in [1.82, 2.24) is 19.4 Å². The van der Waals surface area contributed by atoms with Gasteiger partial charge in [0, 0.05) is 37.2 Å². The Bertz CT molecular complexity index is 941. The number of nitrogens with zero attached hydrogens (tertiary/aromatic N) is 6. The molecule has 132 valence electrons. The summed E-state index contributed by atoms with van der Waals surface area (Å²) in [4.78, 5) is 39.2. The number of hydrogen-bond acceptors (Lipinski definition) is 7. The van der Waals surface area contributed by atoms with Gasteiger partial charge in [0.05, 0.1) is 24.5 Å². The van der Waals surface area contributed by atoms with Gasteiger partial charge in [0.25, 0.3) is 0 Å². The van der Waals surface area contributed by atoms with Gasteiger partial charge < -0.3 is 24.6 Å². The number of imidazole rings is 1. The van der Waals surface area contributed by atoms with E-state index in [2.05, 4.69) is 15.0 Å². The lowest BCUT2D eigenvalue weighted by atomic mass is 10.2. The number of allylic oxidation sites excluding steroid dienone is 2. The Morgan fingerprint density at radius 3 is 2.73 bits per heavy atom. The Morgan fingerprint density at radius 2 is 1.96 bits per heavy atom. The van der Waals surface area contributed by atoms with Crippen LogP contribution in [0.25, 0.3) is 6.20 Å². The highest BCUT2D eigenvalue weighted by Crippen LogP contribution is 2.37. The maximum absolute atomic E-state index is 12.1. The van der Waals surface area contributed by atoms with Crippen LogP contribution in [-0.4, -0.2) is 66.3 Å². The summed E-state index contributed by atoms with van der Waals surface area (Å²) in [5.74, 6) is -4.17. The maximum atomic E-state index is 12.1. The van der Waals surface area contributed by atoms with Crippen LogP contribution in [0.2, 0.25) is 0 Å². The number of carbonyl (C=O) groups is 2. The molecule has 0 unspecified atom stereocenters. The minimum absolute atomic E-state index is 0.0659. The van der Waals surface area contributed by atoms with Gasteiger partial charge in [0.15, 0.2) is 0 Å². The molecule has 2 N–H and O–H groups in total. The van der Waals surface area contributed by atoms with Crippen molar-refractivity contribution in [3.63, 3.8) is 0 Å². The lowest BCUT2D eigenvalue weighted by Gasteiger charge is -2.39. The third-order valence-electron chi connectivity index (χ3n) is 4.23. The molecule has 1 aromatic rings. The van der Waals surface area contributed by atoms with Crippen molar-refractivity contribution >= 4 is 30.6 Å². The molecular formula is C16H14N6O4. The van der Waals surface area contributed by atoms with E-state index in [0.717, 1.165) is 0 Å². The average molecular weight is 354 g/mol. The average Bonchev–Trinajstić information content (AvgIpc) is 3.13. The lowest BCUT2D eigenvalue weighted by molar-refractivity contribution is -0.156. The summed E-state index contributed by atoms with van der Waals surface area (Å²) in [7, 11) is 0. The lowest BCUT2D eigenvalue weighted by Crippen LogP contribution is -2.57. The number of aromatic carboxylic acids is 1. The smallest absolute Gasteiger partial charge is 0.375 e. The van der Waals surface area contributed by atoms with Crippen molar-refractivity contribution in [2.75, 3.05) is 6.54 Å². The van der Waals surface area contributed by atoms with Crippen LogP contribution in [-0.2, 0) is 11.3 Å². The van der Waals surface area contributed by atoms with Gasteiger partial charge in [-0.3, -0.25) is 4.99 Å². The number of carboxylic acids is 2. The van der Waals surface area contributed by atoms with Crippen LogP contribution in [0.1, 0.15) is 16.3 Å². The molecule has 0 aliphatic carbocycles. The fourth-order valence-corrected chi connectivity index (χ4v) is 3.13. The van der Waals surface area contributed by atoms with Gasteiger partial charge in [-0.05, 0) is 12.2 Å². The molecule has 3 aliphatic heterocycles. The molecule has 0 saturated heterocycles. The molecule has 2 bridgehead atoms. The van der Waals surface area contributed by atoms with Crippen LogP contribution >= 0.6 is 0 Å². The van der Waals surface area contributed by atoms with Crippen LogP contribution in [0.5, 0.6) is 0 Å². The fourth-order valence-electron chi connectivity index (χ4n) is 3.13. The minimum Gasteiger partial charge on any atom is -0.477 e.